The quantitative estimate of drug-likeness (QED) is 0.485. The van der Waals surface area contributed by atoms with Crippen LogP contribution in [0.2, 0.25) is 0 Å². The highest BCUT2D eigenvalue weighted by molar-refractivity contribution is 7.98. The van der Waals surface area contributed by atoms with E-state index >= 15 is 0 Å². The summed E-state index contributed by atoms with van der Waals surface area (Å²) < 4.78 is 4.62. The van der Waals surface area contributed by atoms with Gasteiger partial charge in [0.05, 0.1) is 0 Å². The van der Waals surface area contributed by atoms with Crippen LogP contribution >= 0.6 is 23.5 Å². The summed E-state index contributed by atoms with van der Waals surface area (Å²) in [7, 11) is 0. The van der Waals surface area contributed by atoms with Gasteiger partial charge in [0.15, 0.2) is 0 Å². The Morgan fingerprint density at radius 2 is 1.35 bits per heavy atom. The fourth-order valence-corrected chi connectivity index (χ4v) is 1.96. The van der Waals surface area contributed by atoms with Crippen molar-refractivity contribution in [2.24, 2.45) is 11.5 Å². The fraction of sp³-hybridized carbons (Fsp3) is 0.800. The highest BCUT2D eigenvalue weighted by Crippen LogP contribution is 2.03. The summed E-state index contributed by atoms with van der Waals surface area (Å²) >= 11 is 3.17. The molecule has 0 amide bonds. The third-order valence-corrected chi connectivity index (χ3v) is 3.36. The van der Waals surface area contributed by atoms with E-state index in [1.54, 1.807) is 23.5 Å². The van der Waals surface area contributed by atoms with Crippen LogP contribution in [0.5, 0.6) is 0 Å². The van der Waals surface area contributed by atoms with Crippen molar-refractivity contribution >= 4 is 35.5 Å². The molecule has 4 N–H and O–H groups in total. The van der Waals surface area contributed by atoms with Crippen LogP contribution in [-0.2, 0) is 14.3 Å². The highest BCUT2D eigenvalue weighted by Gasteiger charge is 2.22. The smallest absolute Gasteiger partial charge is 0.330 e. The van der Waals surface area contributed by atoms with Crippen LogP contribution in [-0.4, -0.2) is 48.0 Å². The molecule has 0 aromatic rings. The van der Waals surface area contributed by atoms with Gasteiger partial charge in [-0.15, -0.1) is 0 Å². The number of thioether (sulfide) groups is 2. The molecule has 100 valence electrons. The van der Waals surface area contributed by atoms with Crippen molar-refractivity contribution in [3.05, 3.63) is 0 Å². The molecule has 0 fully saturated rings. The average Bonchev–Trinajstić information content (AvgIpc) is 2.32. The molecule has 0 aromatic heterocycles. The summed E-state index contributed by atoms with van der Waals surface area (Å²) in [5, 5.41) is 0. The summed E-state index contributed by atoms with van der Waals surface area (Å²) in [6, 6.07) is -1.50. The maximum atomic E-state index is 11.4. The molecule has 0 spiro atoms. The van der Waals surface area contributed by atoms with Crippen molar-refractivity contribution in [3.63, 3.8) is 0 Å². The molecule has 0 heterocycles. The van der Waals surface area contributed by atoms with Gasteiger partial charge in [0.1, 0.15) is 12.1 Å². The average molecular weight is 280 g/mol. The molecule has 17 heavy (non-hydrogen) atoms. The zero-order valence-electron chi connectivity index (χ0n) is 10.2. The second-order valence-corrected chi connectivity index (χ2v) is 5.49. The predicted octanol–water partition coefficient (Wildman–Crippen LogP) is 0.217. The van der Waals surface area contributed by atoms with Crippen molar-refractivity contribution in [2.75, 3.05) is 24.0 Å². The van der Waals surface area contributed by atoms with E-state index in [9.17, 15) is 9.59 Å². The lowest BCUT2D eigenvalue weighted by molar-refractivity contribution is -0.161. The standard InChI is InChI=1S/C10H20N2O3S2/c1-16-5-3-7(11)9(13)15-10(14)8(12)4-6-17-2/h7-8H,3-6,11-12H2,1-2H3/t7-,8?/m0/s1. The van der Waals surface area contributed by atoms with E-state index in [0.717, 1.165) is 11.5 Å². The van der Waals surface area contributed by atoms with E-state index < -0.39 is 24.0 Å². The second-order valence-electron chi connectivity index (χ2n) is 3.52. The normalized spacial score (nSPS) is 14.1. The minimum absolute atomic E-state index is 0.493. The molecule has 0 radical (unpaired) electrons. The summed E-state index contributed by atoms with van der Waals surface area (Å²) in [6.45, 7) is 0. The molecule has 2 atom stereocenters. The van der Waals surface area contributed by atoms with Gasteiger partial charge in [-0.2, -0.15) is 23.5 Å². The van der Waals surface area contributed by atoms with Crippen molar-refractivity contribution in [3.8, 4) is 0 Å². The molecule has 7 heteroatoms. The third kappa shape index (κ3) is 7.64. The SMILES string of the molecule is CSCCC(N)C(=O)OC(=O)[C@@H](N)CCSC. The number of nitrogens with two attached hydrogens (primary N) is 2. The summed E-state index contributed by atoms with van der Waals surface area (Å²) in [4.78, 5) is 22.8. The van der Waals surface area contributed by atoms with Gasteiger partial charge in [0, 0.05) is 0 Å². The van der Waals surface area contributed by atoms with Crippen molar-refractivity contribution in [1.29, 1.82) is 0 Å². The summed E-state index contributed by atoms with van der Waals surface area (Å²) in [5.74, 6) is 0.124. The lowest BCUT2D eigenvalue weighted by Crippen LogP contribution is -2.40. The molecule has 0 aliphatic rings. The van der Waals surface area contributed by atoms with Crippen LogP contribution in [0.25, 0.3) is 0 Å². The van der Waals surface area contributed by atoms with Crippen LogP contribution < -0.4 is 11.5 Å². The highest BCUT2D eigenvalue weighted by atomic mass is 32.2. The molecule has 0 saturated carbocycles. The summed E-state index contributed by atoms with van der Waals surface area (Å²) in [6.07, 6.45) is 4.82. The van der Waals surface area contributed by atoms with Gasteiger partial charge in [-0.3, -0.25) is 0 Å². The van der Waals surface area contributed by atoms with Crippen LogP contribution in [0.3, 0.4) is 0 Å². The predicted molar refractivity (Wildman–Crippen MR) is 73.0 cm³/mol. The third-order valence-electron chi connectivity index (χ3n) is 2.07. The molecule has 0 bridgehead atoms. The zero-order chi connectivity index (χ0) is 13.3. The van der Waals surface area contributed by atoms with Crippen molar-refractivity contribution < 1.29 is 14.3 Å². The minimum Gasteiger partial charge on any atom is -0.391 e. The van der Waals surface area contributed by atoms with E-state index in [2.05, 4.69) is 4.74 Å². The molecule has 1 unspecified atom stereocenters. The van der Waals surface area contributed by atoms with Gasteiger partial charge in [-0.05, 0) is 36.9 Å². The Balaban J connectivity index is 3.97. The lowest BCUT2D eigenvalue weighted by atomic mass is 10.2. The van der Waals surface area contributed by atoms with Crippen LogP contribution in [0, 0.1) is 0 Å². The van der Waals surface area contributed by atoms with Crippen LogP contribution in [0.1, 0.15) is 12.8 Å². The first-order valence-corrected chi connectivity index (χ1v) is 8.06. The Labute approximate surface area is 110 Å². The topological polar surface area (TPSA) is 95.4 Å². The maximum Gasteiger partial charge on any atom is 0.330 e. The van der Waals surface area contributed by atoms with Gasteiger partial charge >= 0.3 is 11.9 Å². The van der Waals surface area contributed by atoms with E-state index in [-0.39, 0.29) is 0 Å². The molecule has 0 aromatic carbocycles. The molecule has 0 saturated heterocycles. The number of hydrogen-bond donors (Lipinski definition) is 2. The largest absolute Gasteiger partial charge is 0.391 e. The molecular formula is C10H20N2O3S2. The second kappa shape index (κ2) is 9.76. The number of rotatable bonds is 8. The first kappa shape index (κ1) is 16.8. The van der Waals surface area contributed by atoms with Gasteiger partial charge in [-0.1, -0.05) is 0 Å². The van der Waals surface area contributed by atoms with Gasteiger partial charge in [0.2, 0.25) is 0 Å². The van der Waals surface area contributed by atoms with Gasteiger partial charge < -0.3 is 16.2 Å². The number of hydrogen-bond acceptors (Lipinski definition) is 7. The first-order valence-electron chi connectivity index (χ1n) is 5.27. The summed E-state index contributed by atoms with van der Waals surface area (Å²) in [5.41, 5.74) is 11.1. The first-order chi connectivity index (χ1) is 8.02. The Hall–Kier alpha value is -0.240. The Bertz CT molecular complexity index is 228. The molecule has 0 aliphatic carbocycles. The zero-order valence-corrected chi connectivity index (χ0v) is 11.8. The van der Waals surface area contributed by atoms with Crippen molar-refractivity contribution in [1.82, 2.24) is 0 Å². The Morgan fingerprint density at radius 1 is 1.00 bits per heavy atom. The van der Waals surface area contributed by atoms with Crippen LogP contribution in [0.4, 0.5) is 0 Å². The molecule has 0 rings (SSSR count). The number of carbonyl (C=O) groups excluding carboxylic acids is 2. The minimum atomic E-state index is -0.751. The van der Waals surface area contributed by atoms with E-state index in [1.165, 1.54) is 0 Å². The number of ether oxygens (including phenoxy) is 1. The van der Waals surface area contributed by atoms with Crippen LogP contribution in [0.15, 0.2) is 0 Å². The molecular weight excluding hydrogens is 260 g/mol. The monoisotopic (exact) mass is 280 g/mol. The Kier molecular flexibility index (Phi) is 9.62. The van der Waals surface area contributed by atoms with E-state index in [4.69, 9.17) is 11.5 Å². The fourth-order valence-electron chi connectivity index (χ4n) is 0.976. The lowest BCUT2D eigenvalue weighted by Gasteiger charge is -2.12. The number of esters is 2. The van der Waals surface area contributed by atoms with E-state index in [1.807, 2.05) is 12.5 Å². The van der Waals surface area contributed by atoms with Crippen molar-refractivity contribution in [2.45, 2.75) is 24.9 Å². The molecule has 0 aliphatic heterocycles. The molecule has 5 nitrogen and oxygen atoms in total. The van der Waals surface area contributed by atoms with E-state index in [0.29, 0.717) is 12.8 Å². The van der Waals surface area contributed by atoms with Gasteiger partial charge in [0.25, 0.3) is 0 Å². The van der Waals surface area contributed by atoms with Gasteiger partial charge in [-0.25, -0.2) is 9.59 Å². The number of carbonyl (C=O) groups is 2. The maximum absolute atomic E-state index is 11.4. The Morgan fingerprint density at radius 3 is 1.65 bits per heavy atom.